The molecule has 1 fully saturated rings. The highest BCUT2D eigenvalue weighted by Crippen LogP contribution is 2.33. The van der Waals surface area contributed by atoms with Crippen LogP contribution in [0.25, 0.3) is 11.2 Å². The van der Waals surface area contributed by atoms with Gasteiger partial charge in [-0.1, -0.05) is 13.8 Å². The number of nitrogens with one attached hydrogen (secondary N) is 2. The molecule has 0 saturated carbocycles. The van der Waals surface area contributed by atoms with Gasteiger partial charge in [0.2, 0.25) is 5.95 Å². The summed E-state index contributed by atoms with van der Waals surface area (Å²) in [5.41, 5.74) is 1.65. The van der Waals surface area contributed by atoms with Gasteiger partial charge in [-0.3, -0.25) is 0 Å². The largest absolute Gasteiger partial charge is 0.357 e. The molecule has 3 rings (SSSR count). The predicted octanol–water partition coefficient (Wildman–Crippen LogP) is 2.27. The lowest BCUT2D eigenvalue weighted by atomic mass is 9.86. The van der Waals surface area contributed by atoms with Gasteiger partial charge < -0.3 is 15.2 Å². The molecule has 6 heteroatoms. The zero-order valence-electron chi connectivity index (χ0n) is 12.5. The standard InChI is InChI=1S/C14H22N6/c1-8-5-9(2)10(3)20(6-8)13-11-12(17-7-16-11)18-14(15-4)19-13/h7-10H,5-6H2,1-4H3,(H2,15,16,17,18,19). The lowest BCUT2D eigenvalue weighted by Crippen LogP contribution is -2.46. The Morgan fingerprint density at radius 2 is 2.10 bits per heavy atom. The van der Waals surface area contributed by atoms with E-state index >= 15 is 0 Å². The van der Waals surface area contributed by atoms with Gasteiger partial charge in [-0.15, -0.1) is 0 Å². The molecular formula is C14H22N6. The van der Waals surface area contributed by atoms with Crippen LogP contribution in [0.4, 0.5) is 11.8 Å². The van der Waals surface area contributed by atoms with Gasteiger partial charge in [-0.2, -0.15) is 9.97 Å². The third kappa shape index (κ3) is 2.09. The van der Waals surface area contributed by atoms with E-state index < -0.39 is 0 Å². The third-order valence-electron chi connectivity index (χ3n) is 4.36. The van der Waals surface area contributed by atoms with Crippen LogP contribution in [0.1, 0.15) is 27.2 Å². The molecule has 0 spiro atoms. The molecule has 0 radical (unpaired) electrons. The van der Waals surface area contributed by atoms with E-state index in [1.54, 1.807) is 6.33 Å². The molecular weight excluding hydrogens is 252 g/mol. The van der Waals surface area contributed by atoms with Gasteiger partial charge in [0, 0.05) is 19.6 Å². The zero-order valence-corrected chi connectivity index (χ0v) is 12.5. The summed E-state index contributed by atoms with van der Waals surface area (Å²) in [7, 11) is 1.84. The average molecular weight is 274 g/mol. The molecule has 2 aromatic rings. The lowest BCUT2D eigenvalue weighted by molar-refractivity contribution is 0.296. The maximum Gasteiger partial charge on any atom is 0.226 e. The first-order chi connectivity index (χ1) is 9.60. The summed E-state index contributed by atoms with van der Waals surface area (Å²) in [6.45, 7) is 7.93. The van der Waals surface area contributed by atoms with Crippen molar-refractivity contribution in [2.24, 2.45) is 11.8 Å². The summed E-state index contributed by atoms with van der Waals surface area (Å²) < 4.78 is 0. The first-order valence-electron chi connectivity index (χ1n) is 7.25. The van der Waals surface area contributed by atoms with Crippen LogP contribution < -0.4 is 10.2 Å². The molecule has 0 aromatic carbocycles. The zero-order chi connectivity index (χ0) is 14.3. The molecule has 2 N–H and O–H groups in total. The minimum atomic E-state index is 0.470. The van der Waals surface area contributed by atoms with Crippen molar-refractivity contribution in [3.8, 4) is 0 Å². The minimum absolute atomic E-state index is 0.470. The number of H-pyrrole nitrogens is 1. The van der Waals surface area contributed by atoms with Crippen molar-refractivity contribution in [3.05, 3.63) is 6.33 Å². The molecule has 1 aliphatic rings. The van der Waals surface area contributed by atoms with Crippen molar-refractivity contribution in [1.29, 1.82) is 0 Å². The summed E-state index contributed by atoms with van der Waals surface area (Å²) in [6, 6.07) is 0.470. The Hall–Kier alpha value is -1.85. The number of aromatic nitrogens is 4. The van der Waals surface area contributed by atoms with Crippen molar-refractivity contribution in [1.82, 2.24) is 19.9 Å². The quantitative estimate of drug-likeness (QED) is 0.879. The third-order valence-corrected chi connectivity index (χ3v) is 4.36. The van der Waals surface area contributed by atoms with E-state index in [2.05, 4.69) is 50.9 Å². The van der Waals surface area contributed by atoms with Gasteiger partial charge in [0.1, 0.15) is 5.52 Å². The Labute approximate surface area is 119 Å². The smallest absolute Gasteiger partial charge is 0.226 e. The number of nitrogens with zero attached hydrogens (tertiary/aromatic N) is 4. The topological polar surface area (TPSA) is 69.7 Å². The van der Waals surface area contributed by atoms with Crippen molar-refractivity contribution in [2.75, 3.05) is 23.8 Å². The first kappa shape index (κ1) is 13.1. The van der Waals surface area contributed by atoms with E-state index in [0.29, 0.717) is 23.8 Å². The number of fused-ring (bicyclic) bond motifs is 1. The van der Waals surface area contributed by atoms with Gasteiger partial charge in [-0.25, -0.2) is 4.98 Å². The van der Waals surface area contributed by atoms with Gasteiger partial charge in [0.05, 0.1) is 6.33 Å². The Kier molecular flexibility index (Phi) is 3.23. The predicted molar refractivity (Wildman–Crippen MR) is 81.0 cm³/mol. The fourth-order valence-electron chi connectivity index (χ4n) is 3.13. The Bertz CT molecular complexity index is 607. The van der Waals surface area contributed by atoms with E-state index in [1.807, 2.05) is 7.05 Å². The van der Waals surface area contributed by atoms with E-state index in [4.69, 9.17) is 0 Å². The number of imidazole rings is 1. The second-order valence-electron chi connectivity index (χ2n) is 5.93. The maximum atomic E-state index is 4.67. The lowest BCUT2D eigenvalue weighted by Gasteiger charge is -2.41. The number of piperidine rings is 1. The Morgan fingerprint density at radius 3 is 2.85 bits per heavy atom. The monoisotopic (exact) mass is 274 g/mol. The normalized spacial score (nSPS) is 27.0. The fraction of sp³-hybridized carbons (Fsp3) is 0.643. The molecule has 20 heavy (non-hydrogen) atoms. The molecule has 1 aliphatic heterocycles. The summed E-state index contributed by atoms with van der Waals surface area (Å²) in [5, 5.41) is 3.02. The molecule has 3 unspecified atom stereocenters. The molecule has 0 aliphatic carbocycles. The fourth-order valence-corrected chi connectivity index (χ4v) is 3.13. The highest BCUT2D eigenvalue weighted by molar-refractivity contribution is 5.84. The van der Waals surface area contributed by atoms with Crippen molar-refractivity contribution in [3.63, 3.8) is 0 Å². The molecule has 0 amide bonds. The van der Waals surface area contributed by atoms with Crippen molar-refractivity contribution < 1.29 is 0 Å². The summed E-state index contributed by atoms with van der Waals surface area (Å²) >= 11 is 0. The summed E-state index contributed by atoms with van der Waals surface area (Å²) in [6.07, 6.45) is 2.96. The van der Waals surface area contributed by atoms with Crippen LogP contribution in [0, 0.1) is 11.8 Å². The van der Waals surface area contributed by atoms with Gasteiger partial charge in [0.15, 0.2) is 11.5 Å². The average Bonchev–Trinajstić information content (AvgIpc) is 2.90. The van der Waals surface area contributed by atoms with Crippen LogP contribution in [-0.4, -0.2) is 39.6 Å². The second kappa shape index (κ2) is 4.92. The van der Waals surface area contributed by atoms with E-state index in [9.17, 15) is 0 Å². The SMILES string of the molecule is CNc1nc(N2CC(C)CC(C)C2C)c2[nH]cnc2n1. The van der Waals surface area contributed by atoms with Crippen LogP contribution in [0.15, 0.2) is 6.33 Å². The van der Waals surface area contributed by atoms with Gasteiger partial charge in [-0.05, 0) is 25.2 Å². The molecule has 0 bridgehead atoms. The molecule has 108 valence electrons. The van der Waals surface area contributed by atoms with Crippen LogP contribution in [-0.2, 0) is 0 Å². The number of aromatic amines is 1. The van der Waals surface area contributed by atoms with Crippen LogP contribution in [0.5, 0.6) is 0 Å². The summed E-state index contributed by atoms with van der Waals surface area (Å²) in [4.78, 5) is 18.9. The Morgan fingerprint density at radius 1 is 1.30 bits per heavy atom. The molecule has 3 atom stereocenters. The van der Waals surface area contributed by atoms with Crippen LogP contribution >= 0.6 is 0 Å². The Balaban J connectivity index is 2.09. The van der Waals surface area contributed by atoms with Crippen molar-refractivity contribution in [2.45, 2.75) is 33.2 Å². The highest BCUT2D eigenvalue weighted by atomic mass is 15.3. The van der Waals surface area contributed by atoms with Gasteiger partial charge in [0.25, 0.3) is 0 Å². The van der Waals surface area contributed by atoms with Crippen LogP contribution in [0.2, 0.25) is 0 Å². The number of hydrogen-bond acceptors (Lipinski definition) is 5. The molecule has 2 aromatic heterocycles. The van der Waals surface area contributed by atoms with E-state index in [0.717, 1.165) is 23.5 Å². The second-order valence-corrected chi connectivity index (χ2v) is 5.93. The van der Waals surface area contributed by atoms with Crippen molar-refractivity contribution >= 4 is 22.9 Å². The van der Waals surface area contributed by atoms with Crippen LogP contribution in [0.3, 0.4) is 0 Å². The van der Waals surface area contributed by atoms with Gasteiger partial charge >= 0.3 is 0 Å². The maximum absolute atomic E-state index is 4.67. The van der Waals surface area contributed by atoms with E-state index in [-0.39, 0.29) is 0 Å². The first-order valence-corrected chi connectivity index (χ1v) is 7.25. The highest BCUT2D eigenvalue weighted by Gasteiger charge is 2.31. The molecule has 3 heterocycles. The molecule has 1 saturated heterocycles. The minimum Gasteiger partial charge on any atom is -0.357 e. The number of rotatable bonds is 2. The molecule has 6 nitrogen and oxygen atoms in total. The van der Waals surface area contributed by atoms with E-state index in [1.165, 1.54) is 6.42 Å². The number of hydrogen-bond donors (Lipinski definition) is 2. The summed E-state index contributed by atoms with van der Waals surface area (Å²) in [5.74, 6) is 2.91. The number of anilines is 2.